The van der Waals surface area contributed by atoms with Gasteiger partial charge in [0.25, 0.3) is 0 Å². The van der Waals surface area contributed by atoms with Crippen molar-refractivity contribution in [1.82, 2.24) is 10.6 Å². The van der Waals surface area contributed by atoms with E-state index in [-0.39, 0.29) is 0 Å². The van der Waals surface area contributed by atoms with E-state index >= 15 is 0 Å². The first-order chi connectivity index (χ1) is 11.2. The van der Waals surface area contributed by atoms with Gasteiger partial charge >= 0.3 is 0 Å². The minimum absolute atomic E-state index is 0.375. The summed E-state index contributed by atoms with van der Waals surface area (Å²) in [5.41, 5.74) is 1.29. The molecule has 2 bridgehead atoms. The molecule has 124 valence electrons. The lowest BCUT2D eigenvalue weighted by Gasteiger charge is -2.28. The van der Waals surface area contributed by atoms with Crippen molar-refractivity contribution in [2.45, 2.75) is 37.7 Å². The molecule has 0 radical (unpaired) electrons. The van der Waals surface area contributed by atoms with E-state index in [1.165, 1.54) is 31.2 Å². The van der Waals surface area contributed by atoms with E-state index in [1.807, 2.05) is 6.07 Å². The van der Waals surface area contributed by atoms with Crippen molar-refractivity contribution >= 4 is 0 Å². The third-order valence-electron chi connectivity index (χ3n) is 5.73. The molecule has 4 rings (SSSR count). The Bertz CT molecular complexity index is 591. The molecule has 3 atom stereocenters. The van der Waals surface area contributed by atoms with Crippen molar-refractivity contribution < 1.29 is 9.47 Å². The largest absolute Gasteiger partial charge is 0.493 e. The second-order valence-electron chi connectivity index (χ2n) is 7.18. The molecule has 0 spiro atoms. The molecular formula is C19H26N2O2. The summed E-state index contributed by atoms with van der Waals surface area (Å²) in [5, 5.41) is 6.59. The van der Waals surface area contributed by atoms with Crippen LogP contribution in [0.5, 0.6) is 11.5 Å². The molecule has 0 aromatic heterocycles. The smallest absolute Gasteiger partial charge is 0.161 e. The number of methoxy groups -OCH3 is 1. The highest BCUT2D eigenvalue weighted by Crippen LogP contribution is 2.47. The Hall–Kier alpha value is -1.84. The fourth-order valence-corrected chi connectivity index (χ4v) is 4.40. The van der Waals surface area contributed by atoms with E-state index in [0.717, 1.165) is 42.2 Å². The normalized spacial score (nSPS) is 30.0. The van der Waals surface area contributed by atoms with Crippen molar-refractivity contribution in [3.63, 3.8) is 0 Å². The predicted octanol–water partition coefficient (Wildman–Crippen LogP) is 3.01. The molecule has 2 aliphatic carbocycles. The summed E-state index contributed by atoms with van der Waals surface area (Å²) in [7, 11) is 1.72. The highest BCUT2D eigenvalue weighted by Gasteiger charge is 2.41. The molecule has 4 nitrogen and oxygen atoms in total. The Morgan fingerprint density at radius 1 is 1.09 bits per heavy atom. The van der Waals surface area contributed by atoms with Gasteiger partial charge in [0.05, 0.1) is 12.9 Å². The fraction of sp³-hybridized carbons (Fsp3) is 0.579. The molecule has 1 aromatic carbocycles. The number of benzene rings is 1. The highest BCUT2D eigenvalue weighted by molar-refractivity contribution is 5.44. The first-order valence-corrected chi connectivity index (χ1v) is 8.74. The molecule has 1 aromatic rings. The van der Waals surface area contributed by atoms with Crippen LogP contribution < -0.4 is 20.1 Å². The Morgan fingerprint density at radius 3 is 2.57 bits per heavy atom. The van der Waals surface area contributed by atoms with Gasteiger partial charge in [0.1, 0.15) is 6.10 Å². The van der Waals surface area contributed by atoms with Gasteiger partial charge in [0, 0.05) is 19.0 Å². The maximum absolute atomic E-state index is 6.40. The van der Waals surface area contributed by atoms with Gasteiger partial charge in [-0.25, -0.2) is 0 Å². The number of fused-ring (bicyclic) bond motifs is 2. The molecule has 3 aliphatic rings. The average molecular weight is 314 g/mol. The van der Waals surface area contributed by atoms with Gasteiger partial charge in [-0.3, -0.25) is 0 Å². The summed E-state index contributed by atoms with van der Waals surface area (Å²) in [4.78, 5) is 0. The van der Waals surface area contributed by atoms with Crippen LogP contribution in [0.25, 0.3) is 0 Å². The number of rotatable bonds is 4. The second kappa shape index (κ2) is 5.99. The van der Waals surface area contributed by atoms with Crippen LogP contribution in [0.3, 0.4) is 0 Å². The van der Waals surface area contributed by atoms with E-state index < -0.39 is 0 Å². The number of hydrogen-bond acceptors (Lipinski definition) is 4. The zero-order chi connectivity index (χ0) is 15.8. The van der Waals surface area contributed by atoms with Gasteiger partial charge < -0.3 is 20.1 Å². The van der Waals surface area contributed by atoms with E-state index in [0.29, 0.717) is 12.0 Å². The standard InChI is InChI=1S/C19H26N2O2/c1-12-20-10-16(11-21-12)14-5-6-17(22-2)19(9-14)23-18-8-13-3-4-15(18)7-13/h5-6,9,13,15-16,18,20-21H,1,3-4,7-8,10-11H2,2H3/t13?,15?,18-/m1/s1. The molecule has 23 heavy (non-hydrogen) atoms. The summed E-state index contributed by atoms with van der Waals surface area (Å²) in [5.74, 6) is 4.72. The Labute approximate surface area is 138 Å². The van der Waals surface area contributed by atoms with Crippen molar-refractivity contribution in [3.8, 4) is 11.5 Å². The lowest BCUT2D eigenvalue weighted by Crippen LogP contribution is -2.40. The van der Waals surface area contributed by atoms with Crippen molar-refractivity contribution in [2.24, 2.45) is 11.8 Å². The molecule has 3 fully saturated rings. The molecule has 1 saturated heterocycles. The van der Waals surface area contributed by atoms with Gasteiger partial charge in [-0.2, -0.15) is 0 Å². The summed E-state index contributed by atoms with van der Waals surface area (Å²) in [6, 6.07) is 6.36. The van der Waals surface area contributed by atoms with E-state index in [4.69, 9.17) is 9.47 Å². The zero-order valence-corrected chi connectivity index (χ0v) is 13.8. The van der Waals surface area contributed by atoms with Crippen LogP contribution in [0.4, 0.5) is 0 Å². The maximum Gasteiger partial charge on any atom is 0.161 e. The fourth-order valence-electron chi connectivity index (χ4n) is 4.40. The van der Waals surface area contributed by atoms with E-state index in [2.05, 4.69) is 29.3 Å². The molecule has 2 unspecified atom stereocenters. The Kier molecular flexibility index (Phi) is 3.83. The lowest BCUT2D eigenvalue weighted by molar-refractivity contribution is 0.133. The maximum atomic E-state index is 6.40. The quantitative estimate of drug-likeness (QED) is 0.896. The van der Waals surface area contributed by atoms with Gasteiger partial charge in [0.15, 0.2) is 11.5 Å². The lowest BCUT2D eigenvalue weighted by atomic mass is 9.96. The Morgan fingerprint density at radius 2 is 1.91 bits per heavy atom. The molecule has 2 saturated carbocycles. The first-order valence-electron chi connectivity index (χ1n) is 8.74. The third kappa shape index (κ3) is 2.87. The van der Waals surface area contributed by atoms with E-state index in [1.54, 1.807) is 7.11 Å². The monoisotopic (exact) mass is 314 g/mol. The van der Waals surface area contributed by atoms with Gasteiger partial charge in [-0.05, 0) is 55.2 Å². The second-order valence-corrected chi connectivity index (χ2v) is 7.18. The van der Waals surface area contributed by atoms with Gasteiger partial charge in [0.2, 0.25) is 0 Å². The van der Waals surface area contributed by atoms with Gasteiger partial charge in [-0.15, -0.1) is 0 Å². The highest BCUT2D eigenvalue weighted by atomic mass is 16.5. The van der Waals surface area contributed by atoms with Crippen LogP contribution in [-0.4, -0.2) is 26.3 Å². The number of nitrogens with one attached hydrogen (secondary N) is 2. The summed E-state index contributed by atoms with van der Waals surface area (Å²) in [6.07, 6.45) is 5.66. The number of hydrogen-bond donors (Lipinski definition) is 2. The van der Waals surface area contributed by atoms with Crippen LogP contribution in [-0.2, 0) is 0 Å². The topological polar surface area (TPSA) is 42.5 Å². The molecule has 2 N–H and O–H groups in total. The van der Waals surface area contributed by atoms with Crippen LogP contribution >= 0.6 is 0 Å². The third-order valence-corrected chi connectivity index (χ3v) is 5.73. The number of ether oxygens (including phenoxy) is 2. The van der Waals surface area contributed by atoms with E-state index in [9.17, 15) is 0 Å². The van der Waals surface area contributed by atoms with Crippen molar-refractivity contribution in [3.05, 3.63) is 36.2 Å². The predicted molar refractivity (Wildman–Crippen MR) is 90.7 cm³/mol. The summed E-state index contributed by atoms with van der Waals surface area (Å²) < 4.78 is 11.9. The molecule has 4 heteroatoms. The van der Waals surface area contributed by atoms with Crippen molar-refractivity contribution in [2.75, 3.05) is 20.2 Å². The van der Waals surface area contributed by atoms with Crippen LogP contribution in [0.15, 0.2) is 30.6 Å². The molecule has 0 amide bonds. The first kappa shape index (κ1) is 14.7. The van der Waals surface area contributed by atoms with Crippen molar-refractivity contribution in [1.29, 1.82) is 0 Å². The van der Waals surface area contributed by atoms with Crippen LogP contribution in [0.1, 0.15) is 37.2 Å². The SMILES string of the molecule is C=C1NCC(c2ccc(OC)c(O[C@@H]3CC4CCC3C4)c2)CN1. The summed E-state index contributed by atoms with van der Waals surface area (Å²) in [6.45, 7) is 5.73. The summed E-state index contributed by atoms with van der Waals surface area (Å²) >= 11 is 0. The Balaban J connectivity index is 1.52. The molecule has 1 aliphatic heterocycles. The van der Waals surface area contributed by atoms with Crippen LogP contribution in [0.2, 0.25) is 0 Å². The molecular weight excluding hydrogens is 288 g/mol. The average Bonchev–Trinajstić information content (AvgIpc) is 3.18. The van der Waals surface area contributed by atoms with Gasteiger partial charge in [-0.1, -0.05) is 12.6 Å². The molecule has 1 heterocycles. The zero-order valence-electron chi connectivity index (χ0n) is 13.8. The van der Waals surface area contributed by atoms with Crippen LogP contribution in [0, 0.1) is 11.8 Å². The minimum Gasteiger partial charge on any atom is -0.493 e. The minimum atomic E-state index is 0.375.